The molecule has 1 aromatic carbocycles. The zero-order valence-electron chi connectivity index (χ0n) is 11.6. The average molecular weight is 288 g/mol. The van der Waals surface area contributed by atoms with Crippen molar-refractivity contribution in [1.82, 2.24) is 0 Å². The van der Waals surface area contributed by atoms with Crippen LogP contribution in [0.3, 0.4) is 0 Å². The first-order valence-electron chi connectivity index (χ1n) is 6.17. The fourth-order valence-electron chi connectivity index (χ4n) is 1.69. The average Bonchev–Trinajstić information content (AvgIpc) is 2.28. The van der Waals surface area contributed by atoms with Gasteiger partial charge in [0.1, 0.15) is 0 Å². The third-order valence-corrected chi connectivity index (χ3v) is 2.72. The largest absolute Gasteiger partial charge is 0.504 e. The molecule has 0 aliphatic rings. The Kier molecular flexibility index (Phi) is 7.49. The third-order valence-electron chi connectivity index (χ3n) is 2.72. The normalized spacial score (nSPS) is 11.8. The Morgan fingerprint density at radius 1 is 1.37 bits per heavy atom. The highest BCUT2D eigenvalue weighted by Crippen LogP contribution is 2.30. The van der Waals surface area contributed by atoms with Crippen LogP contribution >= 0.6 is 12.4 Å². The van der Waals surface area contributed by atoms with Crippen LogP contribution in [0.25, 0.3) is 0 Å². The monoisotopic (exact) mass is 287 g/mol. The van der Waals surface area contributed by atoms with Crippen molar-refractivity contribution in [2.24, 2.45) is 11.7 Å². The minimum atomic E-state index is -0.456. The highest BCUT2D eigenvalue weighted by Gasteiger charge is 2.11. The molecule has 5 heteroatoms. The molecular weight excluding hydrogens is 266 g/mol. The molecule has 0 unspecified atom stereocenters. The van der Waals surface area contributed by atoms with Gasteiger partial charge in [-0.05, 0) is 36.5 Å². The lowest BCUT2D eigenvalue weighted by molar-refractivity contribution is -0.132. The minimum absolute atomic E-state index is 0. The summed E-state index contributed by atoms with van der Waals surface area (Å²) in [5.74, 6) is 0.261. The number of hydrogen-bond donors (Lipinski definition) is 2. The molecule has 1 rings (SSSR count). The van der Waals surface area contributed by atoms with Crippen molar-refractivity contribution >= 4 is 18.4 Å². The van der Waals surface area contributed by atoms with Gasteiger partial charge in [0.2, 0.25) is 0 Å². The summed E-state index contributed by atoms with van der Waals surface area (Å²) in [6.45, 7) is 5.59. The van der Waals surface area contributed by atoms with Gasteiger partial charge in [0.15, 0.2) is 11.5 Å². The SMILES string of the molecule is CC(=O)Oc1ccc([C@@H](N)CCC(C)C)cc1O.Cl. The van der Waals surface area contributed by atoms with Gasteiger partial charge in [0.25, 0.3) is 0 Å². The summed E-state index contributed by atoms with van der Waals surface area (Å²) < 4.78 is 4.85. The molecule has 0 heterocycles. The first kappa shape index (κ1) is 17.7. The van der Waals surface area contributed by atoms with Crippen LogP contribution in [0.4, 0.5) is 0 Å². The molecule has 19 heavy (non-hydrogen) atoms. The number of halogens is 1. The van der Waals surface area contributed by atoms with E-state index in [2.05, 4.69) is 13.8 Å². The van der Waals surface area contributed by atoms with Crippen molar-refractivity contribution in [3.63, 3.8) is 0 Å². The van der Waals surface area contributed by atoms with Crippen molar-refractivity contribution in [3.05, 3.63) is 23.8 Å². The lowest BCUT2D eigenvalue weighted by Crippen LogP contribution is -2.11. The van der Waals surface area contributed by atoms with E-state index in [0.29, 0.717) is 5.92 Å². The van der Waals surface area contributed by atoms with E-state index in [1.165, 1.54) is 6.92 Å². The van der Waals surface area contributed by atoms with Crippen LogP contribution < -0.4 is 10.5 Å². The number of esters is 1. The maximum absolute atomic E-state index is 10.8. The summed E-state index contributed by atoms with van der Waals surface area (Å²) >= 11 is 0. The molecule has 0 fully saturated rings. The van der Waals surface area contributed by atoms with E-state index in [4.69, 9.17) is 10.5 Å². The van der Waals surface area contributed by atoms with Gasteiger partial charge in [-0.3, -0.25) is 4.79 Å². The van der Waals surface area contributed by atoms with E-state index in [9.17, 15) is 9.90 Å². The molecule has 0 amide bonds. The second-order valence-corrected chi connectivity index (χ2v) is 4.90. The van der Waals surface area contributed by atoms with E-state index in [-0.39, 0.29) is 29.9 Å². The number of phenols is 1. The van der Waals surface area contributed by atoms with Crippen LogP contribution in [-0.4, -0.2) is 11.1 Å². The lowest BCUT2D eigenvalue weighted by atomic mass is 9.98. The van der Waals surface area contributed by atoms with Crippen LogP contribution in [0.5, 0.6) is 11.5 Å². The number of carbonyl (C=O) groups excluding carboxylic acids is 1. The molecule has 0 aromatic heterocycles. The van der Waals surface area contributed by atoms with Crippen LogP contribution in [0.2, 0.25) is 0 Å². The predicted octanol–water partition coefficient (Wildman–Crippen LogP) is 3.18. The van der Waals surface area contributed by atoms with Gasteiger partial charge < -0.3 is 15.6 Å². The molecule has 0 radical (unpaired) electrons. The number of ether oxygens (including phenoxy) is 1. The van der Waals surface area contributed by atoms with Gasteiger partial charge in [-0.1, -0.05) is 19.9 Å². The Bertz CT molecular complexity index is 421. The van der Waals surface area contributed by atoms with E-state index in [1.54, 1.807) is 18.2 Å². The molecule has 0 bridgehead atoms. The number of aromatic hydroxyl groups is 1. The number of hydrogen-bond acceptors (Lipinski definition) is 4. The van der Waals surface area contributed by atoms with Crippen LogP contribution in [0.1, 0.15) is 45.2 Å². The van der Waals surface area contributed by atoms with Crippen molar-refractivity contribution in [2.45, 2.75) is 39.7 Å². The van der Waals surface area contributed by atoms with Crippen molar-refractivity contribution in [2.75, 3.05) is 0 Å². The van der Waals surface area contributed by atoms with Gasteiger partial charge in [-0.2, -0.15) is 0 Å². The second-order valence-electron chi connectivity index (χ2n) is 4.90. The molecule has 0 aliphatic carbocycles. The molecule has 1 aromatic rings. The Morgan fingerprint density at radius 3 is 2.47 bits per heavy atom. The number of rotatable bonds is 5. The van der Waals surface area contributed by atoms with Gasteiger partial charge in [-0.15, -0.1) is 12.4 Å². The van der Waals surface area contributed by atoms with Crippen LogP contribution in [0.15, 0.2) is 18.2 Å². The molecule has 3 N–H and O–H groups in total. The highest BCUT2D eigenvalue weighted by molar-refractivity contribution is 5.85. The Morgan fingerprint density at radius 2 is 2.00 bits per heavy atom. The molecule has 0 spiro atoms. The molecule has 4 nitrogen and oxygen atoms in total. The predicted molar refractivity (Wildman–Crippen MR) is 77.7 cm³/mol. The van der Waals surface area contributed by atoms with Crippen molar-refractivity contribution in [3.8, 4) is 11.5 Å². The number of nitrogens with two attached hydrogens (primary N) is 1. The summed E-state index contributed by atoms with van der Waals surface area (Å²) in [5, 5.41) is 9.73. The molecular formula is C14H22ClNO3. The van der Waals surface area contributed by atoms with Crippen LogP contribution in [-0.2, 0) is 4.79 Å². The van der Waals surface area contributed by atoms with Gasteiger partial charge in [0.05, 0.1) is 0 Å². The molecule has 0 saturated carbocycles. The topological polar surface area (TPSA) is 72.5 Å². The summed E-state index contributed by atoms with van der Waals surface area (Å²) in [6.07, 6.45) is 1.90. The zero-order valence-corrected chi connectivity index (χ0v) is 12.4. The zero-order chi connectivity index (χ0) is 13.7. The summed E-state index contributed by atoms with van der Waals surface area (Å²) in [4.78, 5) is 10.8. The van der Waals surface area contributed by atoms with E-state index in [0.717, 1.165) is 18.4 Å². The Labute approximate surface area is 120 Å². The number of carbonyl (C=O) groups is 1. The second kappa shape index (κ2) is 8.02. The van der Waals surface area contributed by atoms with Gasteiger partial charge in [-0.25, -0.2) is 0 Å². The highest BCUT2D eigenvalue weighted by atomic mass is 35.5. The first-order chi connectivity index (χ1) is 8.40. The Balaban J connectivity index is 0.00000324. The van der Waals surface area contributed by atoms with Gasteiger partial charge in [0, 0.05) is 13.0 Å². The fourth-order valence-corrected chi connectivity index (χ4v) is 1.69. The summed E-state index contributed by atoms with van der Waals surface area (Å²) in [6, 6.07) is 4.80. The molecule has 0 saturated heterocycles. The maximum Gasteiger partial charge on any atom is 0.308 e. The standard InChI is InChI=1S/C14H21NO3.ClH/c1-9(2)4-6-12(15)11-5-7-14(13(17)8-11)18-10(3)16;/h5,7-9,12,17H,4,6,15H2,1-3H3;1H/t12-;/m0./s1. The van der Waals surface area contributed by atoms with E-state index < -0.39 is 5.97 Å². The van der Waals surface area contributed by atoms with Gasteiger partial charge >= 0.3 is 5.97 Å². The summed E-state index contributed by atoms with van der Waals surface area (Å²) in [7, 11) is 0. The lowest BCUT2D eigenvalue weighted by Gasteiger charge is -2.14. The maximum atomic E-state index is 10.8. The van der Waals surface area contributed by atoms with Crippen LogP contribution in [0, 0.1) is 5.92 Å². The fraction of sp³-hybridized carbons (Fsp3) is 0.500. The Hall–Kier alpha value is -1.26. The van der Waals surface area contributed by atoms with Crippen molar-refractivity contribution in [1.29, 1.82) is 0 Å². The third kappa shape index (κ3) is 5.94. The molecule has 1 atom stereocenters. The van der Waals surface area contributed by atoms with E-state index >= 15 is 0 Å². The first-order valence-corrected chi connectivity index (χ1v) is 6.17. The number of phenolic OH excluding ortho intramolecular Hbond substituents is 1. The van der Waals surface area contributed by atoms with E-state index in [1.807, 2.05) is 0 Å². The summed E-state index contributed by atoms with van der Waals surface area (Å²) in [5.41, 5.74) is 6.90. The minimum Gasteiger partial charge on any atom is -0.504 e. The smallest absolute Gasteiger partial charge is 0.308 e. The molecule has 108 valence electrons. The quantitative estimate of drug-likeness (QED) is 0.644. The molecule has 0 aliphatic heterocycles. The van der Waals surface area contributed by atoms with Crippen molar-refractivity contribution < 1.29 is 14.6 Å². The number of benzene rings is 1.